The fourth-order valence-electron chi connectivity index (χ4n) is 2.41. The molecule has 1 aliphatic heterocycles. The summed E-state index contributed by atoms with van der Waals surface area (Å²) >= 11 is 0. The van der Waals surface area contributed by atoms with Crippen LogP contribution in [0, 0.1) is 6.92 Å². The van der Waals surface area contributed by atoms with Crippen LogP contribution in [0.15, 0.2) is 29.2 Å². The molecule has 0 saturated carbocycles. The largest absolute Gasteiger partial charge is 0.303 e. The highest BCUT2D eigenvalue weighted by Gasteiger charge is 2.15. The van der Waals surface area contributed by atoms with Gasteiger partial charge in [-0.25, -0.2) is 0 Å². The Morgan fingerprint density at radius 2 is 1.71 bits per heavy atom. The fraction of sp³-hybridized carbons (Fsp3) is 0.600. The zero-order valence-electron chi connectivity index (χ0n) is 12.5. The number of nitrogens with zero attached hydrogens (tertiary/aromatic N) is 1. The van der Waals surface area contributed by atoms with Crippen LogP contribution in [0.4, 0.5) is 0 Å². The van der Waals surface area contributed by atoms with E-state index in [1.54, 1.807) is 24.3 Å². The highest BCUT2D eigenvalue weighted by atomic mass is 35.5. The molecule has 1 aromatic rings. The van der Waals surface area contributed by atoms with Crippen LogP contribution in [0.1, 0.15) is 31.2 Å². The molecule has 0 N–H and O–H groups in total. The van der Waals surface area contributed by atoms with Crippen molar-refractivity contribution in [2.45, 2.75) is 37.5 Å². The molecule has 0 aliphatic carbocycles. The normalized spacial score (nSPS) is 16.4. The van der Waals surface area contributed by atoms with Crippen LogP contribution in [0.3, 0.4) is 0 Å². The van der Waals surface area contributed by atoms with E-state index in [-0.39, 0.29) is 23.9 Å². The quantitative estimate of drug-likeness (QED) is 0.593. The summed E-state index contributed by atoms with van der Waals surface area (Å²) in [5, 5.41) is 0. The molecule has 0 amide bonds. The van der Waals surface area contributed by atoms with Gasteiger partial charge in [-0.1, -0.05) is 24.1 Å². The van der Waals surface area contributed by atoms with Gasteiger partial charge in [0.15, 0.2) is 0 Å². The Labute approximate surface area is 134 Å². The van der Waals surface area contributed by atoms with Gasteiger partial charge in [0.1, 0.15) is 0 Å². The number of likely N-dealkylation sites (tertiary alicyclic amines) is 1. The number of hydrogen-bond acceptors (Lipinski definition) is 4. The molecular weight excluding hydrogens is 310 g/mol. The minimum Gasteiger partial charge on any atom is -0.303 e. The first kappa shape index (κ1) is 18.4. The van der Waals surface area contributed by atoms with Gasteiger partial charge in [0, 0.05) is 6.54 Å². The third kappa shape index (κ3) is 5.94. The molecule has 0 unspecified atom stereocenters. The first-order valence-corrected chi connectivity index (χ1v) is 8.67. The van der Waals surface area contributed by atoms with E-state index in [2.05, 4.69) is 4.90 Å². The molecule has 0 atom stereocenters. The van der Waals surface area contributed by atoms with Gasteiger partial charge in [-0.05, 0) is 51.4 Å². The Morgan fingerprint density at radius 3 is 2.33 bits per heavy atom. The second-order valence-electron chi connectivity index (χ2n) is 5.35. The molecule has 0 aromatic heterocycles. The van der Waals surface area contributed by atoms with Crippen molar-refractivity contribution in [1.82, 2.24) is 4.90 Å². The van der Waals surface area contributed by atoms with Crippen molar-refractivity contribution in [3.05, 3.63) is 29.8 Å². The predicted octanol–water partition coefficient (Wildman–Crippen LogP) is 3.00. The minimum absolute atomic E-state index is 0. The van der Waals surface area contributed by atoms with E-state index in [1.807, 2.05) is 6.92 Å². The lowest BCUT2D eigenvalue weighted by molar-refractivity contribution is 0.206. The van der Waals surface area contributed by atoms with Crippen molar-refractivity contribution in [2.75, 3.05) is 26.2 Å². The Bertz CT molecular complexity index is 510. The lowest BCUT2D eigenvalue weighted by Gasteiger charge is -2.26. The van der Waals surface area contributed by atoms with Crippen LogP contribution < -0.4 is 0 Å². The molecule has 1 fully saturated rings. The second kappa shape index (κ2) is 8.73. The Kier molecular flexibility index (Phi) is 7.66. The summed E-state index contributed by atoms with van der Waals surface area (Å²) in [6.07, 6.45) is 4.57. The predicted molar refractivity (Wildman–Crippen MR) is 86.5 cm³/mol. The molecule has 1 heterocycles. The fourth-order valence-corrected chi connectivity index (χ4v) is 3.36. The highest BCUT2D eigenvalue weighted by Crippen LogP contribution is 2.14. The van der Waals surface area contributed by atoms with Crippen molar-refractivity contribution < 1.29 is 12.6 Å². The average Bonchev–Trinajstić information content (AvgIpc) is 2.45. The molecule has 21 heavy (non-hydrogen) atoms. The smallest absolute Gasteiger partial charge is 0.296 e. The standard InChI is InChI=1S/C15H23NO3S.ClH/c1-14-6-8-15(9-7-14)20(17,18)19-13-5-12-16-10-3-2-4-11-16;/h6-9H,2-5,10-13H2,1H3;1H. The van der Waals surface area contributed by atoms with E-state index in [0.717, 1.165) is 31.6 Å². The average molecular weight is 334 g/mol. The summed E-state index contributed by atoms with van der Waals surface area (Å²) in [6, 6.07) is 6.75. The number of piperidine rings is 1. The number of rotatable bonds is 6. The van der Waals surface area contributed by atoms with Crippen LogP contribution in [-0.4, -0.2) is 39.6 Å². The van der Waals surface area contributed by atoms with Crippen LogP contribution >= 0.6 is 12.4 Å². The number of benzene rings is 1. The summed E-state index contributed by atoms with van der Waals surface area (Å²) in [4.78, 5) is 2.62. The van der Waals surface area contributed by atoms with Crippen molar-refractivity contribution in [3.8, 4) is 0 Å². The van der Waals surface area contributed by atoms with Crippen LogP contribution in [-0.2, 0) is 14.3 Å². The summed E-state index contributed by atoms with van der Waals surface area (Å²) in [6.45, 7) is 5.36. The first-order chi connectivity index (χ1) is 9.58. The Morgan fingerprint density at radius 1 is 1.10 bits per heavy atom. The zero-order chi connectivity index (χ0) is 14.4. The summed E-state index contributed by atoms with van der Waals surface area (Å²) in [5.74, 6) is 0. The van der Waals surface area contributed by atoms with Gasteiger partial charge in [-0.2, -0.15) is 8.42 Å². The van der Waals surface area contributed by atoms with E-state index in [1.165, 1.54) is 19.3 Å². The van der Waals surface area contributed by atoms with Gasteiger partial charge in [0.25, 0.3) is 10.1 Å². The van der Waals surface area contributed by atoms with Gasteiger partial charge in [0.2, 0.25) is 0 Å². The summed E-state index contributed by atoms with van der Waals surface area (Å²) < 4.78 is 29.0. The number of halogens is 1. The molecule has 4 nitrogen and oxygen atoms in total. The van der Waals surface area contributed by atoms with E-state index in [9.17, 15) is 8.42 Å². The second-order valence-corrected chi connectivity index (χ2v) is 6.96. The molecule has 120 valence electrons. The van der Waals surface area contributed by atoms with Crippen molar-refractivity contribution >= 4 is 22.5 Å². The highest BCUT2D eigenvalue weighted by molar-refractivity contribution is 7.86. The Balaban J connectivity index is 0.00000220. The summed E-state index contributed by atoms with van der Waals surface area (Å²) in [5.41, 5.74) is 1.04. The molecule has 1 aliphatic rings. The maximum atomic E-state index is 12.0. The third-order valence-electron chi connectivity index (χ3n) is 3.62. The van der Waals surface area contributed by atoms with E-state index in [0.29, 0.717) is 0 Å². The SMILES string of the molecule is Cc1ccc(S(=O)(=O)OCCCN2CCCCC2)cc1.Cl. The van der Waals surface area contributed by atoms with Gasteiger partial charge >= 0.3 is 0 Å². The van der Waals surface area contributed by atoms with Gasteiger partial charge in [0.05, 0.1) is 11.5 Å². The van der Waals surface area contributed by atoms with E-state index < -0.39 is 10.1 Å². The monoisotopic (exact) mass is 333 g/mol. The first-order valence-electron chi connectivity index (χ1n) is 7.26. The topological polar surface area (TPSA) is 46.6 Å². The zero-order valence-corrected chi connectivity index (χ0v) is 14.1. The molecule has 6 heteroatoms. The van der Waals surface area contributed by atoms with Crippen molar-refractivity contribution in [1.29, 1.82) is 0 Å². The summed E-state index contributed by atoms with van der Waals surface area (Å²) in [7, 11) is -3.60. The molecule has 0 bridgehead atoms. The Hall–Kier alpha value is -0.620. The number of hydrogen-bond donors (Lipinski definition) is 0. The maximum Gasteiger partial charge on any atom is 0.296 e. The lowest BCUT2D eigenvalue weighted by Crippen LogP contribution is -2.31. The van der Waals surface area contributed by atoms with Gasteiger partial charge in [-0.15, -0.1) is 12.4 Å². The molecule has 1 aromatic carbocycles. The molecule has 0 radical (unpaired) electrons. The van der Waals surface area contributed by atoms with Crippen molar-refractivity contribution in [2.24, 2.45) is 0 Å². The maximum absolute atomic E-state index is 12.0. The van der Waals surface area contributed by atoms with E-state index in [4.69, 9.17) is 4.18 Å². The third-order valence-corrected chi connectivity index (χ3v) is 4.94. The van der Waals surface area contributed by atoms with E-state index >= 15 is 0 Å². The molecule has 0 spiro atoms. The molecule has 1 saturated heterocycles. The van der Waals surface area contributed by atoms with Crippen LogP contribution in [0.5, 0.6) is 0 Å². The number of aryl methyl sites for hydroxylation is 1. The minimum atomic E-state index is -3.60. The lowest BCUT2D eigenvalue weighted by atomic mass is 10.1. The van der Waals surface area contributed by atoms with Crippen LogP contribution in [0.25, 0.3) is 0 Å². The molecular formula is C15H24ClNO3S. The van der Waals surface area contributed by atoms with Crippen LogP contribution in [0.2, 0.25) is 0 Å². The van der Waals surface area contributed by atoms with Gasteiger partial charge in [-0.3, -0.25) is 4.18 Å². The van der Waals surface area contributed by atoms with Crippen molar-refractivity contribution in [3.63, 3.8) is 0 Å². The molecule has 2 rings (SSSR count). The van der Waals surface area contributed by atoms with Gasteiger partial charge < -0.3 is 4.90 Å².